The first-order valence-corrected chi connectivity index (χ1v) is 6.58. The van der Waals surface area contributed by atoms with Crippen LogP contribution in [-0.4, -0.2) is 5.78 Å². The van der Waals surface area contributed by atoms with E-state index in [1.54, 1.807) is 0 Å². The second kappa shape index (κ2) is 6.39. The quantitative estimate of drug-likeness (QED) is 0.657. The molecule has 1 aromatic carbocycles. The van der Waals surface area contributed by atoms with Crippen LogP contribution in [0.3, 0.4) is 0 Å². The summed E-state index contributed by atoms with van der Waals surface area (Å²) in [5, 5.41) is 0. The summed E-state index contributed by atoms with van der Waals surface area (Å²) in [6, 6.07) is 10.4. The molecule has 17 heavy (non-hydrogen) atoms. The minimum absolute atomic E-state index is 0.373. The van der Waals surface area contributed by atoms with Gasteiger partial charge in [-0.2, -0.15) is 0 Å². The second-order valence-corrected chi connectivity index (χ2v) is 4.80. The number of rotatable bonds is 1. The van der Waals surface area contributed by atoms with E-state index in [1.165, 1.54) is 5.56 Å². The van der Waals surface area contributed by atoms with Crippen LogP contribution in [0.1, 0.15) is 50.0 Å². The summed E-state index contributed by atoms with van der Waals surface area (Å²) < 4.78 is 0. The Bertz CT molecular complexity index is 378. The summed E-state index contributed by atoms with van der Waals surface area (Å²) >= 11 is 0. The third-order valence-electron chi connectivity index (χ3n) is 3.41. The summed E-state index contributed by atoms with van der Waals surface area (Å²) in [5.41, 5.74) is 1.30. The zero-order valence-corrected chi connectivity index (χ0v) is 10.3. The molecule has 1 atom stereocenters. The number of carbonyl (C=O) groups is 1. The van der Waals surface area contributed by atoms with E-state index in [0.29, 0.717) is 18.1 Å². The summed E-state index contributed by atoms with van der Waals surface area (Å²) in [4.78, 5) is 11.9. The molecule has 1 aliphatic rings. The van der Waals surface area contributed by atoms with Gasteiger partial charge in [-0.25, -0.2) is 0 Å². The number of ketones is 1. The number of allylic oxidation sites excluding steroid dienone is 2. The van der Waals surface area contributed by atoms with Gasteiger partial charge in [0.05, 0.1) is 0 Å². The lowest BCUT2D eigenvalue weighted by Gasteiger charge is -2.15. The fraction of sp³-hybridized carbons (Fsp3) is 0.438. The number of hydrogen-bond acceptors (Lipinski definition) is 1. The van der Waals surface area contributed by atoms with Crippen molar-refractivity contribution < 1.29 is 4.79 Å². The molecule has 0 aromatic heterocycles. The van der Waals surface area contributed by atoms with Gasteiger partial charge in [0.2, 0.25) is 0 Å². The molecule has 0 fully saturated rings. The lowest BCUT2D eigenvalue weighted by atomic mass is 9.88. The normalized spacial score (nSPS) is 24.2. The van der Waals surface area contributed by atoms with E-state index < -0.39 is 0 Å². The molecule has 1 aliphatic carbocycles. The predicted octanol–water partition coefficient (Wildman–Crippen LogP) is 4.25. The van der Waals surface area contributed by atoms with Gasteiger partial charge >= 0.3 is 0 Å². The number of Topliss-reactive ketones (excluding diaryl/α,β-unsaturated/α-hetero) is 1. The monoisotopic (exact) mass is 228 g/mol. The molecule has 0 radical (unpaired) electrons. The third kappa shape index (κ3) is 3.85. The Kier molecular flexibility index (Phi) is 4.54. The van der Waals surface area contributed by atoms with Crippen LogP contribution in [0.2, 0.25) is 0 Å². The standard InChI is InChI=1S/C16H20O/c17-16-12-8-3-1-2-5-11-15(13-16)14-9-6-4-7-10-14/h2,4-7,9-10,15H,1,3,8,11-13H2/b5-2+. The molecule has 0 N–H and O–H groups in total. The van der Waals surface area contributed by atoms with Crippen molar-refractivity contribution in [2.75, 3.05) is 0 Å². The highest BCUT2D eigenvalue weighted by atomic mass is 16.1. The topological polar surface area (TPSA) is 17.1 Å². The summed E-state index contributed by atoms with van der Waals surface area (Å²) in [7, 11) is 0. The first-order valence-electron chi connectivity index (χ1n) is 6.58. The number of carbonyl (C=O) groups excluding carboxylic acids is 1. The van der Waals surface area contributed by atoms with Gasteiger partial charge in [0.25, 0.3) is 0 Å². The zero-order chi connectivity index (χ0) is 11.9. The van der Waals surface area contributed by atoms with Crippen molar-refractivity contribution in [2.45, 2.75) is 44.4 Å². The van der Waals surface area contributed by atoms with Gasteiger partial charge in [0.15, 0.2) is 0 Å². The maximum absolute atomic E-state index is 11.9. The first kappa shape index (κ1) is 12.1. The van der Waals surface area contributed by atoms with Crippen LogP contribution in [0.25, 0.3) is 0 Å². The fourth-order valence-corrected chi connectivity index (χ4v) is 2.40. The van der Waals surface area contributed by atoms with Crippen molar-refractivity contribution in [3.8, 4) is 0 Å². The summed E-state index contributed by atoms with van der Waals surface area (Å²) in [5.74, 6) is 0.798. The van der Waals surface area contributed by atoms with E-state index in [4.69, 9.17) is 0 Å². The molecule has 0 heterocycles. The zero-order valence-electron chi connectivity index (χ0n) is 10.3. The molecule has 0 saturated heterocycles. The second-order valence-electron chi connectivity index (χ2n) is 4.80. The lowest BCUT2D eigenvalue weighted by Crippen LogP contribution is -2.07. The van der Waals surface area contributed by atoms with Crippen molar-refractivity contribution in [3.63, 3.8) is 0 Å². The number of benzene rings is 1. The minimum Gasteiger partial charge on any atom is -0.300 e. The number of hydrogen-bond donors (Lipinski definition) is 0. The van der Waals surface area contributed by atoms with Crippen LogP contribution in [-0.2, 0) is 4.79 Å². The Morgan fingerprint density at radius 1 is 1.00 bits per heavy atom. The minimum atomic E-state index is 0.373. The van der Waals surface area contributed by atoms with E-state index in [1.807, 2.05) is 6.07 Å². The maximum Gasteiger partial charge on any atom is 0.133 e. The van der Waals surface area contributed by atoms with Gasteiger partial charge < -0.3 is 0 Å². The first-order chi connectivity index (χ1) is 8.36. The molecule has 1 aromatic rings. The molecular weight excluding hydrogens is 208 g/mol. The van der Waals surface area contributed by atoms with Gasteiger partial charge in [0, 0.05) is 12.8 Å². The van der Waals surface area contributed by atoms with Crippen LogP contribution in [0.15, 0.2) is 42.5 Å². The molecule has 0 spiro atoms. The van der Waals surface area contributed by atoms with E-state index in [0.717, 1.165) is 32.1 Å². The van der Waals surface area contributed by atoms with Crippen LogP contribution in [0, 0.1) is 0 Å². The van der Waals surface area contributed by atoms with Crippen molar-refractivity contribution in [1.29, 1.82) is 0 Å². The Labute approximate surface area is 104 Å². The van der Waals surface area contributed by atoms with Crippen molar-refractivity contribution in [3.05, 3.63) is 48.0 Å². The molecule has 0 saturated carbocycles. The maximum atomic E-state index is 11.9. The molecule has 2 rings (SSSR count). The van der Waals surface area contributed by atoms with E-state index in [9.17, 15) is 4.79 Å². The van der Waals surface area contributed by atoms with Crippen molar-refractivity contribution >= 4 is 5.78 Å². The van der Waals surface area contributed by atoms with Crippen LogP contribution >= 0.6 is 0 Å². The largest absolute Gasteiger partial charge is 0.300 e. The molecule has 0 aliphatic heterocycles. The predicted molar refractivity (Wildman–Crippen MR) is 71.0 cm³/mol. The average Bonchev–Trinajstić information content (AvgIpc) is 2.38. The Morgan fingerprint density at radius 3 is 2.65 bits per heavy atom. The summed E-state index contributed by atoms with van der Waals surface area (Å²) in [6.45, 7) is 0. The average molecular weight is 228 g/mol. The Hall–Kier alpha value is -1.37. The molecule has 1 nitrogen and oxygen atoms in total. The van der Waals surface area contributed by atoms with Gasteiger partial charge in [0.1, 0.15) is 5.78 Å². The molecule has 0 amide bonds. The highest BCUT2D eigenvalue weighted by Crippen LogP contribution is 2.26. The van der Waals surface area contributed by atoms with Gasteiger partial charge in [-0.1, -0.05) is 42.5 Å². The Balaban J connectivity index is 2.11. The molecule has 90 valence electrons. The van der Waals surface area contributed by atoms with E-state index in [2.05, 4.69) is 36.4 Å². The molecular formula is C16H20O. The molecule has 0 bridgehead atoms. The summed E-state index contributed by atoms with van der Waals surface area (Å²) in [6.07, 6.45) is 10.3. The highest BCUT2D eigenvalue weighted by molar-refractivity contribution is 5.79. The van der Waals surface area contributed by atoms with Gasteiger partial charge in [-0.05, 0) is 37.2 Å². The highest BCUT2D eigenvalue weighted by Gasteiger charge is 2.15. The lowest BCUT2D eigenvalue weighted by molar-refractivity contribution is -0.119. The van der Waals surface area contributed by atoms with Gasteiger partial charge in [-0.15, -0.1) is 0 Å². The van der Waals surface area contributed by atoms with E-state index >= 15 is 0 Å². The van der Waals surface area contributed by atoms with Crippen molar-refractivity contribution in [1.82, 2.24) is 0 Å². The van der Waals surface area contributed by atoms with E-state index in [-0.39, 0.29) is 0 Å². The fourth-order valence-electron chi connectivity index (χ4n) is 2.40. The van der Waals surface area contributed by atoms with Crippen molar-refractivity contribution in [2.24, 2.45) is 0 Å². The van der Waals surface area contributed by atoms with Crippen LogP contribution < -0.4 is 0 Å². The smallest absolute Gasteiger partial charge is 0.133 e. The SMILES string of the molecule is O=C1CCCC/C=C/CC(c2ccccc2)C1. The third-order valence-corrected chi connectivity index (χ3v) is 3.41. The van der Waals surface area contributed by atoms with Crippen LogP contribution in [0.4, 0.5) is 0 Å². The van der Waals surface area contributed by atoms with Crippen LogP contribution in [0.5, 0.6) is 0 Å². The van der Waals surface area contributed by atoms with Gasteiger partial charge in [-0.3, -0.25) is 4.79 Å². The Morgan fingerprint density at radius 2 is 1.82 bits per heavy atom. The molecule has 1 unspecified atom stereocenters. The molecule has 1 heteroatoms.